The Bertz CT molecular complexity index is 913. The number of carbonyl (C=O) groups excluding carboxylic acids is 3. The van der Waals surface area contributed by atoms with Gasteiger partial charge in [-0.25, -0.2) is 0 Å². The van der Waals surface area contributed by atoms with Gasteiger partial charge >= 0.3 is 0 Å². The van der Waals surface area contributed by atoms with Crippen LogP contribution >= 0.6 is 11.6 Å². The van der Waals surface area contributed by atoms with Gasteiger partial charge in [-0.05, 0) is 23.3 Å². The lowest BCUT2D eigenvalue weighted by atomic mass is 10.0. The van der Waals surface area contributed by atoms with E-state index in [9.17, 15) is 14.4 Å². The molecule has 32 heavy (non-hydrogen) atoms. The number of benzene rings is 2. The minimum atomic E-state index is -0.404. The van der Waals surface area contributed by atoms with Crippen molar-refractivity contribution in [3.05, 3.63) is 70.7 Å². The Morgan fingerprint density at radius 3 is 2.25 bits per heavy atom. The third-order valence-electron chi connectivity index (χ3n) is 5.45. The van der Waals surface area contributed by atoms with E-state index in [4.69, 9.17) is 11.6 Å². The van der Waals surface area contributed by atoms with Gasteiger partial charge in [0.2, 0.25) is 17.7 Å². The molecule has 1 unspecified atom stereocenters. The van der Waals surface area contributed by atoms with Crippen LogP contribution in [0.5, 0.6) is 0 Å². The van der Waals surface area contributed by atoms with E-state index in [1.165, 1.54) is 6.92 Å². The van der Waals surface area contributed by atoms with Gasteiger partial charge < -0.3 is 15.5 Å². The number of carbonyl (C=O) groups is 3. The zero-order valence-corrected chi connectivity index (χ0v) is 19.0. The Labute approximate surface area is 193 Å². The molecule has 3 rings (SSSR count). The van der Waals surface area contributed by atoms with Crippen molar-refractivity contribution in [3.63, 3.8) is 0 Å². The quantitative estimate of drug-likeness (QED) is 0.639. The zero-order chi connectivity index (χ0) is 22.9. The first-order valence-electron chi connectivity index (χ1n) is 10.7. The first-order chi connectivity index (χ1) is 15.4. The molecule has 2 N–H and O–H groups in total. The summed E-state index contributed by atoms with van der Waals surface area (Å²) < 4.78 is 0. The normalized spacial score (nSPS) is 15.1. The molecule has 0 radical (unpaired) electrons. The molecule has 0 spiro atoms. The van der Waals surface area contributed by atoms with Crippen LogP contribution in [0.2, 0.25) is 5.02 Å². The number of hydrogen-bond donors (Lipinski definition) is 2. The summed E-state index contributed by atoms with van der Waals surface area (Å²) in [6, 6.07) is 16.5. The fourth-order valence-electron chi connectivity index (χ4n) is 3.71. The zero-order valence-electron chi connectivity index (χ0n) is 18.2. The lowest BCUT2D eigenvalue weighted by Crippen LogP contribution is -2.51. The summed E-state index contributed by atoms with van der Waals surface area (Å²) in [5.74, 6) is -0.238. The molecule has 2 aromatic rings. The van der Waals surface area contributed by atoms with Crippen LogP contribution < -0.4 is 10.6 Å². The van der Waals surface area contributed by atoms with Crippen molar-refractivity contribution >= 4 is 29.3 Å². The molecule has 1 heterocycles. The average Bonchev–Trinajstić information content (AvgIpc) is 2.78. The number of piperazine rings is 1. The molecule has 1 atom stereocenters. The summed E-state index contributed by atoms with van der Waals surface area (Å²) in [6.07, 6.45) is 0.179. The smallest absolute Gasteiger partial charge is 0.234 e. The topological polar surface area (TPSA) is 81.8 Å². The Morgan fingerprint density at radius 1 is 0.969 bits per heavy atom. The highest BCUT2D eigenvalue weighted by Crippen LogP contribution is 2.21. The Morgan fingerprint density at radius 2 is 1.62 bits per heavy atom. The van der Waals surface area contributed by atoms with E-state index < -0.39 is 6.04 Å². The van der Waals surface area contributed by atoms with E-state index in [-0.39, 0.29) is 24.1 Å². The molecule has 2 aromatic carbocycles. The summed E-state index contributed by atoms with van der Waals surface area (Å²) in [4.78, 5) is 40.6. The Balaban J connectivity index is 1.45. The van der Waals surface area contributed by atoms with Gasteiger partial charge in [0.1, 0.15) is 0 Å². The second-order valence-electron chi connectivity index (χ2n) is 7.93. The van der Waals surface area contributed by atoms with Crippen molar-refractivity contribution in [1.82, 2.24) is 20.4 Å². The largest absolute Gasteiger partial charge is 0.351 e. The Kier molecular flexibility index (Phi) is 8.64. The summed E-state index contributed by atoms with van der Waals surface area (Å²) >= 11 is 5.95. The van der Waals surface area contributed by atoms with Crippen molar-refractivity contribution in [2.45, 2.75) is 25.9 Å². The van der Waals surface area contributed by atoms with Gasteiger partial charge in [0.05, 0.1) is 19.0 Å². The van der Waals surface area contributed by atoms with E-state index in [1.807, 2.05) is 42.5 Å². The first kappa shape index (κ1) is 23.8. The van der Waals surface area contributed by atoms with E-state index in [1.54, 1.807) is 17.0 Å². The van der Waals surface area contributed by atoms with Crippen LogP contribution in [0.1, 0.15) is 30.5 Å². The van der Waals surface area contributed by atoms with Gasteiger partial charge in [-0.3, -0.25) is 19.3 Å². The molecule has 8 heteroatoms. The molecule has 0 bridgehead atoms. The van der Waals surface area contributed by atoms with Gasteiger partial charge in [0.25, 0.3) is 0 Å². The van der Waals surface area contributed by atoms with E-state index in [0.717, 1.165) is 11.1 Å². The van der Waals surface area contributed by atoms with Crippen LogP contribution in [0.15, 0.2) is 54.6 Å². The summed E-state index contributed by atoms with van der Waals surface area (Å²) in [5.41, 5.74) is 1.90. The first-order valence-corrected chi connectivity index (χ1v) is 11.1. The van der Waals surface area contributed by atoms with Crippen LogP contribution in [0.25, 0.3) is 0 Å². The number of amides is 3. The number of nitrogens with zero attached hydrogens (tertiary/aromatic N) is 2. The Hall–Kier alpha value is -2.90. The predicted octanol–water partition coefficient (Wildman–Crippen LogP) is 2.37. The molecule has 1 fully saturated rings. The summed E-state index contributed by atoms with van der Waals surface area (Å²) in [5, 5.41) is 6.39. The lowest BCUT2D eigenvalue weighted by Gasteiger charge is -2.35. The van der Waals surface area contributed by atoms with Crippen LogP contribution in [0.4, 0.5) is 0 Å². The van der Waals surface area contributed by atoms with E-state index in [2.05, 4.69) is 15.5 Å². The second kappa shape index (κ2) is 11.6. The van der Waals surface area contributed by atoms with Gasteiger partial charge in [-0.2, -0.15) is 0 Å². The van der Waals surface area contributed by atoms with Crippen LogP contribution in [0, 0.1) is 0 Å². The van der Waals surface area contributed by atoms with Crippen molar-refractivity contribution in [3.8, 4) is 0 Å². The molecule has 0 saturated carbocycles. The highest BCUT2D eigenvalue weighted by molar-refractivity contribution is 6.30. The average molecular weight is 457 g/mol. The minimum absolute atomic E-state index is 0.0214. The van der Waals surface area contributed by atoms with Crippen molar-refractivity contribution in [2.75, 3.05) is 32.7 Å². The number of halogens is 1. The fraction of sp³-hybridized carbons (Fsp3) is 0.375. The van der Waals surface area contributed by atoms with Crippen molar-refractivity contribution in [1.29, 1.82) is 0 Å². The van der Waals surface area contributed by atoms with E-state index in [0.29, 0.717) is 44.3 Å². The fourth-order valence-corrected chi connectivity index (χ4v) is 3.83. The molecule has 170 valence electrons. The van der Waals surface area contributed by atoms with Gasteiger partial charge in [0, 0.05) is 44.7 Å². The van der Waals surface area contributed by atoms with Gasteiger partial charge in [-0.1, -0.05) is 54.1 Å². The minimum Gasteiger partial charge on any atom is -0.351 e. The number of rotatable bonds is 8. The van der Waals surface area contributed by atoms with Crippen molar-refractivity contribution in [2.24, 2.45) is 0 Å². The third-order valence-corrected chi connectivity index (χ3v) is 5.71. The van der Waals surface area contributed by atoms with Crippen LogP contribution in [0.3, 0.4) is 0 Å². The molecule has 3 amide bonds. The highest BCUT2D eigenvalue weighted by Gasteiger charge is 2.25. The lowest BCUT2D eigenvalue weighted by molar-refractivity contribution is -0.134. The maximum absolute atomic E-state index is 12.9. The van der Waals surface area contributed by atoms with Gasteiger partial charge in [0.15, 0.2) is 0 Å². The molecule has 1 aliphatic rings. The summed E-state index contributed by atoms with van der Waals surface area (Å²) in [6.45, 7) is 4.64. The molecule has 0 aliphatic carbocycles. The molecule has 1 aliphatic heterocycles. The SMILES string of the molecule is CC(=O)NC(CC(=O)N1CCN(CC(=O)NCc2ccccc2)CC1)c1ccc(Cl)cc1. The van der Waals surface area contributed by atoms with Crippen LogP contribution in [-0.4, -0.2) is 60.2 Å². The molecular formula is C24H29ClN4O3. The standard InChI is InChI=1S/C24H29ClN4O3/c1-18(30)27-22(20-7-9-21(25)10-8-20)15-24(32)29-13-11-28(12-14-29)17-23(31)26-16-19-5-3-2-4-6-19/h2-10,22H,11-17H2,1H3,(H,26,31)(H,27,30). The number of nitrogens with one attached hydrogen (secondary N) is 2. The summed E-state index contributed by atoms with van der Waals surface area (Å²) in [7, 11) is 0. The third kappa shape index (κ3) is 7.35. The van der Waals surface area contributed by atoms with E-state index >= 15 is 0 Å². The molecule has 7 nitrogen and oxygen atoms in total. The molecule has 1 saturated heterocycles. The monoisotopic (exact) mass is 456 g/mol. The van der Waals surface area contributed by atoms with Crippen LogP contribution in [-0.2, 0) is 20.9 Å². The maximum Gasteiger partial charge on any atom is 0.234 e. The molecule has 0 aromatic heterocycles. The predicted molar refractivity (Wildman–Crippen MR) is 124 cm³/mol. The molecular weight excluding hydrogens is 428 g/mol. The van der Waals surface area contributed by atoms with Crippen molar-refractivity contribution < 1.29 is 14.4 Å². The highest BCUT2D eigenvalue weighted by atomic mass is 35.5. The maximum atomic E-state index is 12.9. The second-order valence-corrected chi connectivity index (χ2v) is 8.36. The van der Waals surface area contributed by atoms with Gasteiger partial charge in [-0.15, -0.1) is 0 Å². The number of hydrogen-bond acceptors (Lipinski definition) is 4.